The Kier molecular flexibility index (Phi) is 8.11. The standard InChI is InChI=1S/C45H32N4/c1-31-26-41(35-16-8-3-9-17-35)46-42(27-31)39-28-38(34-24-22-33(23-25-34)32-14-6-2-7-15-32)29-40(30-39)45-48-43(36-18-10-4-11-19-36)47-44(49-45)37-20-12-5-13-21-37/h2-30H,1H3. The van der Waals surface area contributed by atoms with E-state index < -0.39 is 0 Å². The minimum Gasteiger partial charge on any atom is -0.248 e. The van der Waals surface area contributed by atoms with E-state index in [1.165, 1.54) is 11.1 Å². The zero-order valence-corrected chi connectivity index (χ0v) is 27.0. The maximum atomic E-state index is 5.17. The lowest BCUT2D eigenvalue weighted by Crippen LogP contribution is -2.00. The first-order valence-electron chi connectivity index (χ1n) is 16.4. The number of hydrogen-bond acceptors (Lipinski definition) is 4. The van der Waals surface area contributed by atoms with Crippen molar-refractivity contribution in [1.29, 1.82) is 0 Å². The van der Waals surface area contributed by atoms with E-state index >= 15 is 0 Å². The summed E-state index contributed by atoms with van der Waals surface area (Å²) in [7, 11) is 0. The van der Waals surface area contributed by atoms with Gasteiger partial charge in [0.25, 0.3) is 0 Å². The number of aromatic nitrogens is 4. The summed E-state index contributed by atoms with van der Waals surface area (Å²) in [4.78, 5) is 20.2. The van der Waals surface area contributed by atoms with Gasteiger partial charge in [-0.25, -0.2) is 19.9 Å². The third-order valence-electron chi connectivity index (χ3n) is 8.55. The Balaban J connectivity index is 1.32. The van der Waals surface area contributed by atoms with Gasteiger partial charge in [0.15, 0.2) is 17.5 Å². The van der Waals surface area contributed by atoms with Crippen molar-refractivity contribution in [2.24, 2.45) is 0 Å². The lowest BCUT2D eigenvalue weighted by molar-refractivity contribution is 1.07. The molecule has 0 N–H and O–H groups in total. The van der Waals surface area contributed by atoms with Crippen LogP contribution >= 0.6 is 0 Å². The van der Waals surface area contributed by atoms with Gasteiger partial charge in [-0.3, -0.25) is 0 Å². The molecule has 4 heteroatoms. The normalized spacial score (nSPS) is 11.0. The maximum absolute atomic E-state index is 5.17. The Labute approximate surface area is 286 Å². The molecule has 0 aliphatic heterocycles. The monoisotopic (exact) mass is 628 g/mol. The highest BCUT2D eigenvalue weighted by atomic mass is 15.0. The summed E-state index contributed by atoms with van der Waals surface area (Å²) < 4.78 is 0. The van der Waals surface area contributed by atoms with Crippen LogP contribution in [0.2, 0.25) is 0 Å². The van der Waals surface area contributed by atoms with Crippen molar-refractivity contribution in [2.75, 3.05) is 0 Å². The highest BCUT2D eigenvalue weighted by Crippen LogP contribution is 2.35. The molecule has 0 saturated carbocycles. The molecule has 0 amide bonds. The van der Waals surface area contributed by atoms with Gasteiger partial charge in [-0.15, -0.1) is 0 Å². The minimum atomic E-state index is 0.604. The number of aryl methyl sites for hydroxylation is 1. The molecule has 2 aromatic heterocycles. The van der Waals surface area contributed by atoms with E-state index in [0.717, 1.165) is 55.9 Å². The average molecular weight is 629 g/mol. The molecular weight excluding hydrogens is 597 g/mol. The molecule has 6 aromatic carbocycles. The lowest BCUT2D eigenvalue weighted by Gasteiger charge is -2.13. The molecule has 49 heavy (non-hydrogen) atoms. The van der Waals surface area contributed by atoms with Crippen molar-refractivity contribution in [3.05, 3.63) is 181 Å². The summed E-state index contributed by atoms with van der Waals surface area (Å²) in [6.07, 6.45) is 0. The first-order valence-corrected chi connectivity index (χ1v) is 16.4. The second kappa shape index (κ2) is 13.3. The Bertz CT molecular complexity index is 2300. The molecule has 2 heterocycles. The highest BCUT2D eigenvalue weighted by Gasteiger charge is 2.16. The SMILES string of the molecule is Cc1cc(-c2ccccc2)nc(-c2cc(-c3ccc(-c4ccccc4)cc3)cc(-c3nc(-c4ccccc4)nc(-c4ccccc4)n3)c2)c1. The molecule has 8 rings (SSSR count). The Morgan fingerprint density at radius 3 is 1.12 bits per heavy atom. The van der Waals surface area contributed by atoms with Gasteiger partial charge in [0.2, 0.25) is 0 Å². The van der Waals surface area contributed by atoms with Gasteiger partial charge >= 0.3 is 0 Å². The van der Waals surface area contributed by atoms with Crippen molar-refractivity contribution in [2.45, 2.75) is 6.92 Å². The van der Waals surface area contributed by atoms with Gasteiger partial charge in [0, 0.05) is 27.8 Å². The van der Waals surface area contributed by atoms with E-state index in [0.29, 0.717) is 17.5 Å². The fourth-order valence-corrected chi connectivity index (χ4v) is 6.07. The first kappa shape index (κ1) is 29.9. The quantitative estimate of drug-likeness (QED) is 0.176. The second-order valence-electron chi connectivity index (χ2n) is 12.1. The first-order chi connectivity index (χ1) is 24.2. The van der Waals surface area contributed by atoms with Crippen LogP contribution in [0.5, 0.6) is 0 Å². The predicted molar refractivity (Wildman–Crippen MR) is 200 cm³/mol. The fourth-order valence-electron chi connectivity index (χ4n) is 6.07. The second-order valence-corrected chi connectivity index (χ2v) is 12.1. The Morgan fingerprint density at radius 1 is 0.265 bits per heavy atom. The maximum Gasteiger partial charge on any atom is 0.164 e. The number of rotatable bonds is 7. The van der Waals surface area contributed by atoms with Gasteiger partial charge in [-0.05, 0) is 65.1 Å². The van der Waals surface area contributed by atoms with Crippen molar-refractivity contribution in [3.63, 3.8) is 0 Å². The van der Waals surface area contributed by atoms with E-state index in [-0.39, 0.29) is 0 Å². The van der Waals surface area contributed by atoms with Crippen LogP contribution in [-0.4, -0.2) is 19.9 Å². The molecule has 0 aliphatic carbocycles. The topological polar surface area (TPSA) is 51.6 Å². The predicted octanol–water partition coefficient (Wildman–Crippen LogP) is 11.2. The average Bonchev–Trinajstić information content (AvgIpc) is 3.19. The largest absolute Gasteiger partial charge is 0.248 e. The Morgan fingerprint density at radius 2 is 0.612 bits per heavy atom. The molecule has 0 bridgehead atoms. The van der Waals surface area contributed by atoms with Gasteiger partial charge in [0.1, 0.15) is 0 Å². The molecule has 0 unspecified atom stereocenters. The lowest BCUT2D eigenvalue weighted by atomic mass is 9.95. The van der Waals surface area contributed by atoms with E-state index in [4.69, 9.17) is 19.9 Å². The van der Waals surface area contributed by atoms with Crippen molar-refractivity contribution < 1.29 is 0 Å². The van der Waals surface area contributed by atoms with Crippen LogP contribution in [0.15, 0.2) is 176 Å². The molecule has 0 aliphatic rings. The van der Waals surface area contributed by atoms with E-state index in [1.807, 2.05) is 84.9 Å². The number of nitrogens with zero attached hydrogens (tertiary/aromatic N) is 4. The minimum absolute atomic E-state index is 0.604. The van der Waals surface area contributed by atoms with E-state index in [9.17, 15) is 0 Å². The van der Waals surface area contributed by atoms with Crippen LogP contribution in [0.1, 0.15) is 5.56 Å². The van der Waals surface area contributed by atoms with Crippen molar-refractivity contribution in [3.8, 4) is 78.9 Å². The van der Waals surface area contributed by atoms with Crippen LogP contribution < -0.4 is 0 Å². The molecule has 0 spiro atoms. The molecule has 4 nitrogen and oxygen atoms in total. The smallest absolute Gasteiger partial charge is 0.164 e. The van der Waals surface area contributed by atoms with Crippen LogP contribution in [0.4, 0.5) is 0 Å². The van der Waals surface area contributed by atoms with Crippen LogP contribution in [0.3, 0.4) is 0 Å². The molecule has 0 radical (unpaired) electrons. The highest BCUT2D eigenvalue weighted by molar-refractivity contribution is 5.81. The summed E-state index contributed by atoms with van der Waals surface area (Å²) in [6, 6.07) is 60.5. The number of pyridine rings is 1. The molecule has 8 aromatic rings. The van der Waals surface area contributed by atoms with E-state index in [2.05, 4.69) is 97.9 Å². The fraction of sp³-hybridized carbons (Fsp3) is 0.0222. The van der Waals surface area contributed by atoms with Crippen LogP contribution in [0.25, 0.3) is 78.9 Å². The molecular formula is C45H32N4. The third-order valence-corrected chi connectivity index (χ3v) is 8.55. The summed E-state index contributed by atoms with van der Waals surface area (Å²) >= 11 is 0. The van der Waals surface area contributed by atoms with Crippen molar-refractivity contribution >= 4 is 0 Å². The van der Waals surface area contributed by atoms with E-state index in [1.54, 1.807) is 0 Å². The summed E-state index contributed by atoms with van der Waals surface area (Å²) in [5.74, 6) is 1.86. The number of benzene rings is 6. The zero-order chi connectivity index (χ0) is 33.0. The molecule has 0 atom stereocenters. The Hall–Kier alpha value is -6.52. The summed E-state index contributed by atoms with van der Waals surface area (Å²) in [6.45, 7) is 2.12. The van der Waals surface area contributed by atoms with Gasteiger partial charge in [-0.1, -0.05) is 146 Å². The molecule has 232 valence electrons. The van der Waals surface area contributed by atoms with Gasteiger partial charge in [0.05, 0.1) is 11.4 Å². The van der Waals surface area contributed by atoms with Crippen LogP contribution in [0, 0.1) is 6.92 Å². The third kappa shape index (κ3) is 6.53. The van der Waals surface area contributed by atoms with Gasteiger partial charge < -0.3 is 0 Å². The summed E-state index contributed by atoms with van der Waals surface area (Å²) in [5.41, 5.74) is 12.3. The van der Waals surface area contributed by atoms with Crippen molar-refractivity contribution in [1.82, 2.24) is 19.9 Å². The molecule has 0 saturated heterocycles. The van der Waals surface area contributed by atoms with Crippen LogP contribution in [-0.2, 0) is 0 Å². The zero-order valence-electron chi connectivity index (χ0n) is 27.0. The summed E-state index contributed by atoms with van der Waals surface area (Å²) in [5, 5.41) is 0. The molecule has 0 fully saturated rings. The number of hydrogen-bond donors (Lipinski definition) is 0. The van der Waals surface area contributed by atoms with Gasteiger partial charge in [-0.2, -0.15) is 0 Å².